The topological polar surface area (TPSA) is 93.5 Å². The smallest absolute Gasteiger partial charge is 0.351 e. The Kier molecular flexibility index (Phi) is 4.92. The van der Waals surface area contributed by atoms with Crippen LogP contribution in [0.5, 0.6) is 0 Å². The summed E-state index contributed by atoms with van der Waals surface area (Å²) in [5, 5.41) is 11.6. The lowest BCUT2D eigenvalue weighted by atomic mass is 10.0. The minimum Gasteiger partial charge on any atom is -0.394 e. The van der Waals surface area contributed by atoms with Crippen LogP contribution in [0.15, 0.2) is 17.1 Å². The summed E-state index contributed by atoms with van der Waals surface area (Å²) in [7, 11) is 0. The Morgan fingerprint density at radius 1 is 1.59 bits per heavy atom. The summed E-state index contributed by atoms with van der Waals surface area (Å²) in [6.07, 6.45) is -1.88. The first-order chi connectivity index (χ1) is 10.3. The van der Waals surface area contributed by atoms with E-state index in [1.54, 1.807) is 20.8 Å². The summed E-state index contributed by atoms with van der Waals surface area (Å²) in [5.74, 6) is -0.926. The molecule has 1 aromatic heterocycles. The number of alkyl halides is 1. The van der Waals surface area contributed by atoms with Gasteiger partial charge < -0.3 is 15.2 Å². The molecule has 1 aliphatic heterocycles. The van der Waals surface area contributed by atoms with Crippen LogP contribution in [0.25, 0.3) is 0 Å². The van der Waals surface area contributed by atoms with Gasteiger partial charge in [0, 0.05) is 18.0 Å². The number of aromatic nitrogens is 2. The first-order valence-electron chi connectivity index (χ1n) is 7.15. The van der Waals surface area contributed by atoms with Gasteiger partial charge in [-0.15, -0.1) is 0 Å². The average molecular weight is 313 g/mol. The quantitative estimate of drug-likeness (QED) is 0.853. The Labute approximate surface area is 127 Å². The number of carbonyl (C=O) groups excluding carboxylic acids is 1. The van der Waals surface area contributed by atoms with Gasteiger partial charge in [-0.3, -0.25) is 9.36 Å². The lowest BCUT2D eigenvalue weighted by Crippen LogP contribution is -2.32. The lowest BCUT2D eigenvalue weighted by Gasteiger charge is -2.16. The maximum absolute atomic E-state index is 14.2. The predicted molar refractivity (Wildman–Crippen MR) is 77.0 cm³/mol. The highest BCUT2D eigenvalue weighted by atomic mass is 19.1. The van der Waals surface area contributed by atoms with Gasteiger partial charge in [0.1, 0.15) is 5.82 Å². The van der Waals surface area contributed by atoms with Gasteiger partial charge in [0.05, 0.1) is 12.7 Å². The molecule has 8 heteroatoms. The van der Waals surface area contributed by atoms with E-state index in [2.05, 4.69) is 10.3 Å². The Balaban J connectivity index is 2.20. The Morgan fingerprint density at radius 3 is 2.77 bits per heavy atom. The number of aliphatic hydroxyl groups excluding tert-OH is 1. The van der Waals surface area contributed by atoms with Gasteiger partial charge in [0.25, 0.3) is 0 Å². The van der Waals surface area contributed by atoms with Crippen LogP contribution in [-0.4, -0.2) is 39.4 Å². The summed E-state index contributed by atoms with van der Waals surface area (Å²) in [4.78, 5) is 27.3. The Morgan fingerprint density at radius 2 is 2.27 bits per heavy atom. The van der Waals surface area contributed by atoms with Crippen molar-refractivity contribution >= 4 is 11.7 Å². The summed E-state index contributed by atoms with van der Waals surface area (Å²) >= 11 is 0. The molecule has 122 valence electrons. The number of nitrogens with zero attached hydrogens (tertiary/aromatic N) is 2. The standard InChI is InChI=1S/C14H20FN3O4/c1-7(2)12(20)16-10-4-5-18(14(21)17-10)13-11(15)8(3)9(6-19)22-13/h4-5,7-9,11,13,19H,6H2,1-3H3,(H,16,17,20,21)/t8?,9-,11+,13-/m1/s1. The number of rotatable bonds is 4. The summed E-state index contributed by atoms with van der Waals surface area (Å²) in [6.45, 7) is 4.73. The van der Waals surface area contributed by atoms with Crippen molar-refractivity contribution in [3.05, 3.63) is 22.7 Å². The van der Waals surface area contributed by atoms with Crippen LogP contribution in [0.1, 0.15) is 27.0 Å². The van der Waals surface area contributed by atoms with Gasteiger partial charge >= 0.3 is 5.69 Å². The van der Waals surface area contributed by atoms with Crippen molar-refractivity contribution in [3.63, 3.8) is 0 Å². The number of hydrogen-bond donors (Lipinski definition) is 2. The normalized spacial score (nSPS) is 28.1. The van der Waals surface area contributed by atoms with Crippen LogP contribution in [0.3, 0.4) is 0 Å². The van der Waals surface area contributed by atoms with Crippen molar-refractivity contribution in [2.75, 3.05) is 11.9 Å². The SMILES string of the molecule is CC(C)C(=O)Nc1ccn([C@@H]2O[C@H](CO)C(C)[C@@H]2F)c(=O)n1. The molecule has 0 radical (unpaired) electrons. The number of aliphatic hydroxyl groups is 1. The minimum atomic E-state index is -1.42. The predicted octanol–water partition coefficient (Wildman–Crippen LogP) is 0.702. The van der Waals surface area contributed by atoms with Crippen molar-refractivity contribution in [2.45, 2.75) is 39.3 Å². The van der Waals surface area contributed by atoms with Crippen LogP contribution in [-0.2, 0) is 9.53 Å². The molecule has 2 heterocycles. The molecular formula is C14H20FN3O4. The van der Waals surface area contributed by atoms with Crippen LogP contribution in [0.4, 0.5) is 10.2 Å². The van der Waals surface area contributed by atoms with E-state index in [1.165, 1.54) is 12.3 Å². The van der Waals surface area contributed by atoms with E-state index in [-0.39, 0.29) is 24.2 Å². The second kappa shape index (κ2) is 6.53. The number of halogens is 1. The van der Waals surface area contributed by atoms with Crippen LogP contribution >= 0.6 is 0 Å². The van der Waals surface area contributed by atoms with E-state index in [9.17, 15) is 14.0 Å². The molecule has 1 aliphatic rings. The van der Waals surface area contributed by atoms with Crippen molar-refractivity contribution in [1.82, 2.24) is 9.55 Å². The molecule has 2 N–H and O–H groups in total. The third kappa shape index (κ3) is 3.17. The van der Waals surface area contributed by atoms with Gasteiger partial charge in [0.15, 0.2) is 12.4 Å². The number of ether oxygens (including phenoxy) is 1. The molecule has 7 nitrogen and oxygen atoms in total. The molecule has 4 atom stereocenters. The molecule has 1 saturated heterocycles. The molecule has 0 saturated carbocycles. The zero-order valence-electron chi connectivity index (χ0n) is 12.7. The van der Waals surface area contributed by atoms with Gasteiger partial charge in [-0.1, -0.05) is 20.8 Å². The van der Waals surface area contributed by atoms with Gasteiger partial charge in [0.2, 0.25) is 5.91 Å². The largest absolute Gasteiger partial charge is 0.394 e. The Hall–Kier alpha value is -1.80. The Bertz CT molecular complexity index is 604. The third-order valence-corrected chi connectivity index (χ3v) is 3.74. The maximum atomic E-state index is 14.2. The number of anilines is 1. The van der Waals surface area contributed by atoms with Gasteiger partial charge in [-0.25, -0.2) is 9.18 Å². The molecule has 2 rings (SSSR count). The van der Waals surface area contributed by atoms with E-state index in [0.29, 0.717) is 0 Å². The van der Waals surface area contributed by atoms with Crippen molar-refractivity contribution in [3.8, 4) is 0 Å². The fourth-order valence-electron chi connectivity index (χ4n) is 2.22. The zero-order chi connectivity index (χ0) is 16.4. The number of nitrogens with one attached hydrogen (secondary N) is 1. The second-order valence-electron chi connectivity index (χ2n) is 5.70. The second-order valence-corrected chi connectivity index (χ2v) is 5.70. The van der Waals surface area contributed by atoms with E-state index in [1.807, 2.05) is 0 Å². The highest BCUT2D eigenvalue weighted by Crippen LogP contribution is 2.35. The summed E-state index contributed by atoms with van der Waals surface area (Å²) < 4.78 is 20.6. The zero-order valence-corrected chi connectivity index (χ0v) is 12.7. The van der Waals surface area contributed by atoms with E-state index in [0.717, 1.165) is 4.57 Å². The highest BCUT2D eigenvalue weighted by molar-refractivity contribution is 5.90. The first kappa shape index (κ1) is 16.6. The molecule has 1 fully saturated rings. The number of carbonyl (C=O) groups is 1. The van der Waals surface area contributed by atoms with E-state index in [4.69, 9.17) is 9.84 Å². The molecule has 1 unspecified atom stereocenters. The lowest BCUT2D eigenvalue weighted by molar-refractivity contribution is -0.118. The van der Waals surface area contributed by atoms with Crippen LogP contribution < -0.4 is 11.0 Å². The maximum Gasteiger partial charge on any atom is 0.351 e. The van der Waals surface area contributed by atoms with Gasteiger partial charge in [-0.05, 0) is 6.07 Å². The van der Waals surface area contributed by atoms with E-state index >= 15 is 0 Å². The first-order valence-corrected chi connectivity index (χ1v) is 7.15. The molecule has 1 amide bonds. The fourth-order valence-corrected chi connectivity index (χ4v) is 2.22. The van der Waals surface area contributed by atoms with Crippen molar-refractivity contribution in [1.29, 1.82) is 0 Å². The van der Waals surface area contributed by atoms with Crippen molar-refractivity contribution < 1.29 is 19.0 Å². The molecule has 1 aromatic rings. The van der Waals surface area contributed by atoms with Crippen molar-refractivity contribution in [2.24, 2.45) is 11.8 Å². The molecule has 0 bridgehead atoms. The average Bonchev–Trinajstić information content (AvgIpc) is 2.75. The van der Waals surface area contributed by atoms with Crippen LogP contribution in [0, 0.1) is 11.8 Å². The molecular weight excluding hydrogens is 293 g/mol. The molecule has 0 aromatic carbocycles. The molecule has 22 heavy (non-hydrogen) atoms. The van der Waals surface area contributed by atoms with Crippen LogP contribution in [0.2, 0.25) is 0 Å². The molecule has 0 aliphatic carbocycles. The highest BCUT2D eigenvalue weighted by Gasteiger charge is 2.43. The number of hydrogen-bond acceptors (Lipinski definition) is 5. The number of amides is 1. The summed E-state index contributed by atoms with van der Waals surface area (Å²) in [5.41, 5.74) is -0.722. The minimum absolute atomic E-state index is 0.111. The molecule has 0 spiro atoms. The fraction of sp³-hybridized carbons (Fsp3) is 0.643. The van der Waals surface area contributed by atoms with Gasteiger partial charge in [-0.2, -0.15) is 4.98 Å². The van der Waals surface area contributed by atoms with E-state index < -0.39 is 30.1 Å². The monoisotopic (exact) mass is 313 g/mol. The summed E-state index contributed by atoms with van der Waals surface area (Å²) in [6, 6.07) is 1.41. The third-order valence-electron chi connectivity index (χ3n) is 3.74.